The molecule has 18 aromatic carbocycles. The summed E-state index contributed by atoms with van der Waals surface area (Å²) in [5, 5.41) is 3.26. The Balaban J connectivity index is 0.000000112. The summed E-state index contributed by atoms with van der Waals surface area (Å²) in [6.45, 7) is 17.3. The molecule has 718 valence electrons. The number of fused-ring (bicyclic) bond motifs is 15. The normalized spacial score (nSPS) is 13.9. The molecule has 22 aromatic rings. The van der Waals surface area contributed by atoms with Gasteiger partial charge in [0.15, 0.2) is 34.5 Å². The van der Waals surface area contributed by atoms with E-state index < -0.39 is 0 Å². The zero-order valence-electron chi connectivity index (χ0n) is 82.8. The van der Waals surface area contributed by atoms with Crippen molar-refractivity contribution in [2.45, 2.75) is 57.8 Å². The van der Waals surface area contributed by atoms with Crippen LogP contribution in [0.25, 0.3) is 141 Å². The molecule has 13 heteroatoms. The molecule has 0 saturated carbocycles. The Morgan fingerprint density at radius 1 is 0.203 bits per heavy atom. The average Bonchev–Trinajstić information content (AvgIpc) is 1.59. The van der Waals surface area contributed by atoms with E-state index >= 15 is 0 Å². The minimum Gasteiger partial charge on any atom is -0.485 e. The maximum Gasteiger partial charge on any atom is 0.197 e. The Morgan fingerprint density at radius 2 is 0.493 bits per heavy atom. The van der Waals surface area contributed by atoms with Crippen molar-refractivity contribution in [2.75, 3.05) is 54.3 Å². The summed E-state index contributed by atoms with van der Waals surface area (Å²) in [4.78, 5) is 12.6. The van der Waals surface area contributed by atoms with E-state index in [1.807, 2.05) is 30.3 Å². The number of para-hydroxylation sites is 2. The third-order valence-electron chi connectivity index (χ3n) is 30.0. The van der Waals surface area contributed by atoms with Crippen LogP contribution in [0, 0.1) is 0 Å². The van der Waals surface area contributed by atoms with Crippen LogP contribution in [-0.2, 0) is 16.2 Å². The smallest absolute Gasteiger partial charge is 0.197 e. The van der Waals surface area contributed by atoms with Gasteiger partial charge in [-0.15, -0.1) is 34.0 Å². The van der Waals surface area contributed by atoms with Crippen molar-refractivity contribution in [3.63, 3.8) is 0 Å². The Labute approximate surface area is 874 Å². The number of ether oxygens (including phenoxy) is 6. The van der Waals surface area contributed by atoms with Crippen molar-refractivity contribution in [3.8, 4) is 153 Å². The highest BCUT2D eigenvalue weighted by molar-refractivity contribution is 7.21. The maximum atomic E-state index is 6.47. The first-order chi connectivity index (χ1) is 72.7. The second-order valence-electron chi connectivity index (χ2n) is 39.8. The van der Waals surface area contributed by atoms with E-state index in [2.05, 4.69) is 469 Å². The summed E-state index contributed by atoms with van der Waals surface area (Å²) in [7, 11) is 0. The molecule has 10 nitrogen and oxygen atoms in total. The highest BCUT2D eigenvalue weighted by Crippen LogP contribution is 2.63. The molecule has 0 amide bonds. The first-order valence-corrected chi connectivity index (χ1v) is 53.2. The van der Waals surface area contributed by atoms with Crippen molar-refractivity contribution >= 4 is 106 Å². The lowest BCUT2D eigenvalue weighted by Gasteiger charge is -2.29. The van der Waals surface area contributed by atoms with E-state index in [0.29, 0.717) is 39.6 Å². The van der Waals surface area contributed by atoms with E-state index in [4.69, 9.17) is 32.8 Å². The number of nitrogens with zero attached hydrogens (tertiary/aromatic N) is 3. The summed E-state index contributed by atoms with van der Waals surface area (Å²) < 4.78 is 44.1. The van der Waals surface area contributed by atoms with Crippen molar-refractivity contribution in [1.82, 2.24) is 0 Å². The van der Waals surface area contributed by atoms with Gasteiger partial charge in [0.05, 0.1) is 30.1 Å². The van der Waals surface area contributed by atoms with E-state index in [0.717, 1.165) is 165 Å². The first kappa shape index (κ1) is 91.0. The van der Waals surface area contributed by atoms with Gasteiger partial charge in [0.1, 0.15) is 55.8 Å². The lowest BCUT2D eigenvalue weighted by atomic mass is 9.82. The van der Waals surface area contributed by atoms with Crippen LogP contribution in [0.5, 0.6) is 34.5 Å². The fourth-order valence-electron chi connectivity index (χ4n) is 22.7. The van der Waals surface area contributed by atoms with Crippen LogP contribution in [0.15, 0.2) is 447 Å². The molecule has 6 aliphatic rings. The highest BCUT2D eigenvalue weighted by Gasteiger charge is 2.42. The molecule has 0 saturated heterocycles. The molecule has 0 radical (unpaired) electrons. The van der Waals surface area contributed by atoms with Gasteiger partial charge in [0, 0.05) is 78.0 Å². The summed E-state index contributed by atoms with van der Waals surface area (Å²) in [6.07, 6.45) is 0. The van der Waals surface area contributed by atoms with Crippen molar-refractivity contribution in [2.24, 2.45) is 0 Å². The topological polar surface area (TPSA) is 78.2 Å². The number of hydrogen-bond donors (Lipinski definition) is 0. The zero-order valence-corrected chi connectivity index (χ0v) is 85.3. The number of rotatable bonds is 17. The molecular formula is C135H103N3O7S3. The maximum absolute atomic E-state index is 6.47. The number of benzene rings is 18. The number of hydrogen-bond acceptors (Lipinski definition) is 13. The summed E-state index contributed by atoms with van der Waals surface area (Å²) in [6, 6.07) is 159. The minimum atomic E-state index is -0.133. The highest BCUT2D eigenvalue weighted by atomic mass is 32.1. The first-order valence-electron chi connectivity index (χ1n) is 50.8. The van der Waals surface area contributed by atoms with Crippen LogP contribution < -0.4 is 43.1 Å². The van der Waals surface area contributed by atoms with E-state index in [9.17, 15) is 0 Å². The largest absolute Gasteiger partial charge is 0.485 e. The average molecular weight is 1980 g/mol. The third kappa shape index (κ3) is 16.0. The molecule has 0 fully saturated rings. The fraction of sp³-hybridized carbons (Fsp3) is 0.111. The SMILES string of the molecule is CC1(C)c2ccccc2-c2c(N(c3ccc(-c4ccccc4)cc3)c3ccc(-c4sc(-c5ccccc5)c5c4OCCO5)cc3)cccc21.CC1(C)c2ccccc2-c2ccc(N(c3ccc(-c4cccc5c4oc4ccccc45)cc3)c3sc(-c4ccccc4)c4c3OCCO4)cc21.CC1(C)c2ccccc2-c2ccc(N(c3ccc(-c4ccccc4)cc3)c3ccc(-c4sc(-c5ccccc5)c5c4OCCO5)cc3)cc21. The molecule has 7 heterocycles. The molecule has 0 N–H and O–H groups in total. The van der Waals surface area contributed by atoms with E-state index in [1.54, 1.807) is 34.0 Å². The van der Waals surface area contributed by atoms with E-state index in [1.165, 1.54) is 94.7 Å². The van der Waals surface area contributed by atoms with Crippen molar-refractivity contribution < 1.29 is 32.8 Å². The lowest BCUT2D eigenvalue weighted by molar-refractivity contribution is 0.175. The molecule has 148 heavy (non-hydrogen) atoms. The summed E-state index contributed by atoms with van der Waals surface area (Å²) in [5.41, 5.74) is 38.9. The van der Waals surface area contributed by atoms with Gasteiger partial charge in [-0.1, -0.05) is 387 Å². The molecule has 0 bridgehead atoms. The predicted molar refractivity (Wildman–Crippen MR) is 613 cm³/mol. The Hall–Kier alpha value is -16.9. The van der Waals surface area contributed by atoms with Crippen molar-refractivity contribution in [3.05, 3.63) is 476 Å². The van der Waals surface area contributed by atoms with Crippen LogP contribution in [0.4, 0.5) is 50.5 Å². The van der Waals surface area contributed by atoms with Gasteiger partial charge in [-0.3, -0.25) is 4.90 Å². The van der Waals surface area contributed by atoms with Crippen LogP contribution in [0.1, 0.15) is 74.9 Å². The molecule has 28 rings (SSSR count). The quantitative estimate of drug-likeness (QED) is 0.0880. The van der Waals surface area contributed by atoms with Gasteiger partial charge in [0.25, 0.3) is 0 Å². The van der Waals surface area contributed by atoms with Crippen LogP contribution in [0.2, 0.25) is 0 Å². The van der Waals surface area contributed by atoms with Crippen LogP contribution >= 0.6 is 34.0 Å². The molecular weight excluding hydrogens is 1870 g/mol. The van der Waals surface area contributed by atoms with Gasteiger partial charge < -0.3 is 42.6 Å². The molecule has 3 aliphatic heterocycles. The zero-order chi connectivity index (χ0) is 99.3. The van der Waals surface area contributed by atoms with Gasteiger partial charge in [-0.2, -0.15) is 0 Å². The molecule has 3 aliphatic carbocycles. The fourth-order valence-corrected chi connectivity index (χ4v) is 26.3. The van der Waals surface area contributed by atoms with Crippen LogP contribution in [-0.4, -0.2) is 39.6 Å². The molecule has 0 atom stereocenters. The monoisotopic (exact) mass is 1970 g/mol. The summed E-state index contributed by atoms with van der Waals surface area (Å²) >= 11 is 5.18. The summed E-state index contributed by atoms with van der Waals surface area (Å²) in [5.74, 6) is 4.99. The van der Waals surface area contributed by atoms with Crippen LogP contribution in [0.3, 0.4) is 0 Å². The molecule has 0 spiro atoms. The van der Waals surface area contributed by atoms with Gasteiger partial charge in [-0.25, -0.2) is 0 Å². The van der Waals surface area contributed by atoms with E-state index in [-0.39, 0.29) is 16.2 Å². The molecule has 0 unspecified atom stereocenters. The minimum absolute atomic E-state index is 0.0918. The standard InChI is InChI=1S/C45H33NO3S.2C45H35NO2S/c1-45(2)37-17-8-6-13-33(37)34-24-23-31(27-38(34)45)46(44-42-41(47-25-26-48-42)43(50-44)29-11-4-3-5-12-29)30-21-19-28(20-22-30)32-15-10-16-36-35-14-7-9-18-39(35)49-40(32)36;1-45(2)37-17-10-9-16-36(37)40-38(45)18-11-19-39(40)46(34-24-20-31(21-25-34)30-12-5-3-6-13-30)35-26-22-33(23-27-35)44-42-41(47-28-29-48-42)43(49-44)32-14-7-4-8-15-32;1-45(2)39-16-10-9-15-37(39)38-26-25-36(29-40(38)45)46(34-21-17-31(18-22-34)30-11-5-3-6-12-30)35-23-19-33(20-24-35)44-42-41(47-27-28-48-42)43(49-44)32-13-7-4-8-14-32/h3-24,27H,25-26H2,1-2H3;3-27H,28-29H2,1-2H3;3-26,29H,27-28H2,1-2H3. The number of thiophene rings is 3. The third-order valence-corrected chi connectivity index (χ3v) is 33.7. The van der Waals surface area contributed by atoms with Gasteiger partial charge in [0.2, 0.25) is 0 Å². The lowest BCUT2D eigenvalue weighted by Crippen LogP contribution is -2.18. The van der Waals surface area contributed by atoms with Gasteiger partial charge in [-0.05, 0) is 214 Å². The Morgan fingerprint density at radius 3 is 0.946 bits per heavy atom. The van der Waals surface area contributed by atoms with Gasteiger partial charge >= 0.3 is 0 Å². The second kappa shape index (κ2) is 37.6. The number of furan rings is 1. The predicted octanol–water partition coefficient (Wildman–Crippen LogP) is 37.1. The molecule has 4 aromatic heterocycles. The van der Waals surface area contributed by atoms with Crippen molar-refractivity contribution in [1.29, 1.82) is 0 Å². The second-order valence-corrected chi connectivity index (χ2v) is 42.9. The Kier molecular flexibility index (Phi) is 23.1. The Bertz CT molecular complexity index is 8770. The number of anilines is 9.